The summed E-state index contributed by atoms with van der Waals surface area (Å²) >= 11 is 0.718. The molecule has 0 radical (unpaired) electrons. The number of rotatable bonds is 9. The van der Waals surface area contributed by atoms with E-state index in [1.54, 1.807) is 25.3 Å². The molecule has 39 heavy (non-hydrogen) atoms. The Morgan fingerprint density at radius 1 is 1.13 bits per heavy atom. The Kier molecular flexibility index (Phi) is 7.96. The molecule has 11 nitrogen and oxygen atoms in total. The number of hydrogen-bond donors (Lipinski definition) is 4. The van der Waals surface area contributed by atoms with Crippen molar-refractivity contribution in [2.24, 2.45) is 5.73 Å². The predicted molar refractivity (Wildman–Crippen MR) is 148 cm³/mol. The predicted octanol–water partition coefficient (Wildman–Crippen LogP) is 2.99. The molecule has 4 rings (SSSR count). The van der Waals surface area contributed by atoms with Crippen LogP contribution in [0, 0.1) is 13.8 Å². The van der Waals surface area contributed by atoms with Gasteiger partial charge in [-0.1, -0.05) is 24.3 Å². The van der Waals surface area contributed by atoms with E-state index >= 15 is 0 Å². The zero-order valence-corrected chi connectivity index (χ0v) is 22.4. The van der Waals surface area contributed by atoms with Gasteiger partial charge in [-0.25, -0.2) is 0 Å². The topological polar surface area (TPSA) is 174 Å². The van der Waals surface area contributed by atoms with Crippen LogP contribution in [-0.2, 0) is 14.3 Å². The van der Waals surface area contributed by atoms with Gasteiger partial charge in [0.1, 0.15) is 17.5 Å². The summed E-state index contributed by atoms with van der Waals surface area (Å²) in [5.41, 5.74) is 14.5. The number of ether oxygens (including phenoxy) is 1. The number of nitrogen functional groups attached to an aromatic ring is 1. The number of carbonyl (C=O) groups is 4. The second kappa shape index (κ2) is 11.4. The van der Waals surface area contributed by atoms with Crippen LogP contribution in [0.25, 0.3) is 10.9 Å². The van der Waals surface area contributed by atoms with Gasteiger partial charge in [-0.2, -0.15) is 4.37 Å². The zero-order valence-electron chi connectivity index (χ0n) is 21.6. The molecule has 6 N–H and O–H groups in total. The van der Waals surface area contributed by atoms with Crippen molar-refractivity contribution in [1.29, 1.82) is 0 Å². The fourth-order valence-corrected chi connectivity index (χ4v) is 5.14. The van der Waals surface area contributed by atoms with E-state index in [1.807, 2.05) is 44.2 Å². The number of aromatic amines is 1. The summed E-state index contributed by atoms with van der Waals surface area (Å²) < 4.78 is 8.93. The molecular weight excluding hydrogens is 520 g/mol. The van der Waals surface area contributed by atoms with Gasteiger partial charge in [0, 0.05) is 28.4 Å². The van der Waals surface area contributed by atoms with Crippen molar-refractivity contribution >= 4 is 57.5 Å². The van der Waals surface area contributed by atoms with Gasteiger partial charge < -0.3 is 26.5 Å². The minimum atomic E-state index is -1.25. The van der Waals surface area contributed by atoms with Gasteiger partial charge in [0.2, 0.25) is 5.91 Å². The van der Waals surface area contributed by atoms with Crippen molar-refractivity contribution in [3.8, 4) is 0 Å². The molecule has 3 amide bonds. The zero-order chi connectivity index (χ0) is 28.3. The monoisotopic (exact) mass is 548 g/mol. The maximum atomic E-state index is 14.2. The summed E-state index contributed by atoms with van der Waals surface area (Å²) in [6, 6.07) is 11.5. The number of nitrogens with zero attached hydrogens (tertiary/aromatic N) is 2. The number of amides is 3. The molecule has 1 atom stereocenters. The summed E-state index contributed by atoms with van der Waals surface area (Å²) in [5, 5.41) is 3.31. The molecule has 0 spiro atoms. The van der Waals surface area contributed by atoms with Crippen LogP contribution in [0.3, 0.4) is 0 Å². The SMILES string of the molecule is CCOC(=O)CNC(=O)[C@H](c1c[nH]c2ccccc12)N(C(=O)c1snc(C(N)=O)c1N)c1cc(C)cc(C)c1. The van der Waals surface area contributed by atoms with E-state index in [0.29, 0.717) is 16.6 Å². The van der Waals surface area contributed by atoms with Crippen LogP contribution in [0.4, 0.5) is 11.4 Å². The standard InChI is InChI=1S/C27H28N6O5S/c1-4-38-20(34)13-31-26(36)23(18-12-30-19-8-6-5-7-17(18)19)33(16-10-14(2)9-15(3)11-16)27(37)24-21(28)22(25(29)35)32-39-24/h5-12,23,30H,4,13,28H2,1-3H3,(H2,29,35)(H,31,36)/t23-/m0/s1. The van der Waals surface area contributed by atoms with Crippen molar-refractivity contribution < 1.29 is 23.9 Å². The number of fused-ring (bicyclic) bond motifs is 1. The number of aryl methyl sites for hydroxylation is 2. The minimum Gasteiger partial charge on any atom is -0.465 e. The van der Waals surface area contributed by atoms with Crippen LogP contribution in [0.5, 0.6) is 0 Å². The summed E-state index contributed by atoms with van der Waals surface area (Å²) in [7, 11) is 0. The second-order valence-electron chi connectivity index (χ2n) is 8.87. The average molecular weight is 549 g/mol. The lowest BCUT2D eigenvalue weighted by Crippen LogP contribution is -2.45. The maximum absolute atomic E-state index is 14.2. The highest BCUT2D eigenvalue weighted by Crippen LogP contribution is 2.36. The second-order valence-corrected chi connectivity index (χ2v) is 9.65. The summed E-state index contributed by atoms with van der Waals surface area (Å²) in [4.78, 5) is 56.4. The van der Waals surface area contributed by atoms with Gasteiger partial charge in [-0.05, 0) is 61.6 Å². The Balaban J connectivity index is 1.92. The number of primary amides is 1. The molecule has 0 saturated heterocycles. The Morgan fingerprint density at radius 2 is 1.82 bits per heavy atom. The molecule has 12 heteroatoms. The third-order valence-corrected chi connectivity index (χ3v) is 6.84. The molecule has 2 heterocycles. The molecule has 0 aliphatic carbocycles. The van der Waals surface area contributed by atoms with Crippen LogP contribution in [0.15, 0.2) is 48.7 Å². The van der Waals surface area contributed by atoms with Gasteiger partial charge in [0.25, 0.3) is 11.8 Å². The molecule has 0 saturated carbocycles. The molecule has 0 unspecified atom stereocenters. The number of anilines is 2. The molecule has 0 aliphatic heterocycles. The first-order chi connectivity index (χ1) is 18.6. The highest BCUT2D eigenvalue weighted by molar-refractivity contribution is 7.09. The maximum Gasteiger partial charge on any atom is 0.325 e. The van der Waals surface area contributed by atoms with E-state index in [2.05, 4.69) is 14.7 Å². The Morgan fingerprint density at radius 3 is 2.46 bits per heavy atom. The molecule has 0 fully saturated rings. The highest BCUT2D eigenvalue weighted by Gasteiger charge is 2.37. The van der Waals surface area contributed by atoms with E-state index in [0.717, 1.165) is 28.2 Å². The van der Waals surface area contributed by atoms with Crippen LogP contribution >= 0.6 is 11.5 Å². The quantitative estimate of drug-likeness (QED) is 0.233. The van der Waals surface area contributed by atoms with E-state index in [-0.39, 0.29) is 22.9 Å². The Hall–Kier alpha value is -4.71. The van der Waals surface area contributed by atoms with Gasteiger partial charge in [0.15, 0.2) is 5.69 Å². The fraction of sp³-hybridized carbons (Fsp3) is 0.222. The third-order valence-electron chi connectivity index (χ3n) is 5.99. The Labute approximate surface area is 228 Å². The number of hydrogen-bond acceptors (Lipinski definition) is 8. The lowest BCUT2D eigenvalue weighted by atomic mass is 10.0. The first kappa shape index (κ1) is 27.3. The number of nitrogens with one attached hydrogen (secondary N) is 2. The first-order valence-corrected chi connectivity index (χ1v) is 12.9. The lowest BCUT2D eigenvalue weighted by molar-refractivity contribution is -0.143. The number of benzene rings is 2. The minimum absolute atomic E-state index is 0.0500. The number of para-hydroxylation sites is 1. The number of esters is 1. The van der Waals surface area contributed by atoms with Crippen LogP contribution < -0.4 is 21.7 Å². The molecular formula is C27H28N6O5S. The highest BCUT2D eigenvalue weighted by atomic mass is 32.1. The van der Waals surface area contributed by atoms with Crippen LogP contribution in [-0.4, -0.2) is 46.2 Å². The largest absolute Gasteiger partial charge is 0.465 e. The van der Waals surface area contributed by atoms with Crippen molar-refractivity contribution in [2.75, 3.05) is 23.8 Å². The molecule has 2 aromatic heterocycles. The molecule has 2 aromatic carbocycles. The van der Waals surface area contributed by atoms with E-state index in [1.165, 1.54) is 4.90 Å². The molecule has 0 bridgehead atoms. The normalized spacial score (nSPS) is 11.7. The van der Waals surface area contributed by atoms with Crippen molar-refractivity contribution in [2.45, 2.75) is 26.8 Å². The lowest BCUT2D eigenvalue weighted by Gasteiger charge is -2.31. The number of nitrogens with two attached hydrogens (primary N) is 2. The summed E-state index contributed by atoms with van der Waals surface area (Å²) in [5.74, 6) is -2.78. The van der Waals surface area contributed by atoms with Gasteiger partial charge in [-0.15, -0.1) is 0 Å². The van der Waals surface area contributed by atoms with E-state index in [4.69, 9.17) is 16.2 Å². The van der Waals surface area contributed by atoms with Gasteiger partial charge >= 0.3 is 5.97 Å². The molecule has 0 aliphatic rings. The van der Waals surface area contributed by atoms with Crippen LogP contribution in [0.1, 0.15) is 49.8 Å². The summed E-state index contributed by atoms with van der Waals surface area (Å²) in [6.45, 7) is 5.16. The van der Waals surface area contributed by atoms with Crippen LogP contribution in [0.2, 0.25) is 0 Å². The number of carbonyl (C=O) groups excluding carboxylic acids is 4. The van der Waals surface area contributed by atoms with Gasteiger partial charge in [0.05, 0.1) is 12.3 Å². The third kappa shape index (κ3) is 5.60. The number of aromatic nitrogens is 2. The Bertz CT molecular complexity index is 1560. The van der Waals surface area contributed by atoms with Crippen molar-refractivity contribution in [3.05, 3.63) is 75.9 Å². The smallest absolute Gasteiger partial charge is 0.325 e. The average Bonchev–Trinajstić information content (AvgIpc) is 3.48. The fourth-order valence-electron chi connectivity index (χ4n) is 4.40. The molecule has 202 valence electrons. The van der Waals surface area contributed by atoms with Crippen molar-refractivity contribution in [1.82, 2.24) is 14.7 Å². The van der Waals surface area contributed by atoms with Crippen molar-refractivity contribution in [3.63, 3.8) is 0 Å². The first-order valence-electron chi connectivity index (χ1n) is 12.1. The molecule has 4 aromatic rings. The van der Waals surface area contributed by atoms with E-state index < -0.39 is 36.3 Å². The van der Waals surface area contributed by atoms with Gasteiger partial charge in [-0.3, -0.25) is 24.1 Å². The number of H-pyrrole nitrogens is 1. The van der Waals surface area contributed by atoms with E-state index in [9.17, 15) is 19.2 Å². The summed E-state index contributed by atoms with van der Waals surface area (Å²) in [6.07, 6.45) is 1.65.